The fourth-order valence-electron chi connectivity index (χ4n) is 3.42. The summed E-state index contributed by atoms with van der Waals surface area (Å²) in [6.45, 7) is 3.22. The summed E-state index contributed by atoms with van der Waals surface area (Å²) in [7, 11) is -3.50. The topological polar surface area (TPSA) is 75.7 Å². The SMILES string of the molecule is CCOc1ccc(C(=O)Nc2ccc3c(c2)CN(S(=O)(=O)c2cccs2)CC3)cc1. The van der Waals surface area contributed by atoms with Crippen LogP contribution in [0.15, 0.2) is 64.2 Å². The number of hydrogen-bond donors (Lipinski definition) is 1. The third kappa shape index (κ3) is 4.26. The summed E-state index contributed by atoms with van der Waals surface area (Å²) in [5, 5.41) is 4.66. The second-order valence-electron chi connectivity index (χ2n) is 6.92. The molecule has 1 amide bonds. The third-order valence-electron chi connectivity index (χ3n) is 4.96. The van der Waals surface area contributed by atoms with Crippen molar-refractivity contribution in [3.05, 3.63) is 76.7 Å². The Hall–Kier alpha value is -2.68. The van der Waals surface area contributed by atoms with Gasteiger partial charge in [-0.25, -0.2) is 8.42 Å². The molecule has 0 unspecified atom stereocenters. The number of benzene rings is 2. The minimum atomic E-state index is -3.50. The minimum Gasteiger partial charge on any atom is -0.494 e. The molecule has 3 aromatic rings. The average Bonchev–Trinajstić information content (AvgIpc) is 3.30. The summed E-state index contributed by atoms with van der Waals surface area (Å²) >= 11 is 1.22. The molecular formula is C22H22N2O4S2. The summed E-state index contributed by atoms with van der Waals surface area (Å²) < 4.78 is 32.9. The molecule has 0 bridgehead atoms. The molecule has 1 aliphatic rings. The number of ether oxygens (including phenoxy) is 1. The minimum absolute atomic E-state index is 0.225. The van der Waals surface area contributed by atoms with E-state index in [0.29, 0.717) is 41.6 Å². The molecule has 1 aromatic heterocycles. The lowest BCUT2D eigenvalue weighted by Gasteiger charge is -2.28. The van der Waals surface area contributed by atoms with Gasteiger partial charge in [-0.3, -0.25) is 4.79 Å². The van der Waals surface area contributed by atoms with Crippen molar-refractivity contribution in [3.8, 4) is 5.75 Å². The van der Waals surface area contributed by atoms with Crippen molar-refractivity contribution < 1.29 is 17.9 Å². The van der Waals surface area contributed by atoms with E-state index in [1.807, 2.05) is 25.1 Å². The van der Waals surface area contributed by atoms with Gasteiger partial charge in [0.25, 0.3) is 15.9 Å². The maximum atomic E-state index is 12.8. The lowest BCUT2D eigenvalue weighted by molar-refractivity contribution is 0.102. The van der Waals surface area contributed by atoms with Crippen LogP contribution in [0.4, 0.5) is 5.69 Å². The first kappa shape index (κ1) is 20.6. The van der Waals surface area contributed by atoms with Crippen LogP contribution < -0.4 is 10.1 Å². The van der Waals surface area contributed by atoms with Crippen molar-refractivity contribution in [3.63, 3.8) is 0 Å². The Morgan fingerprint density at radius 1 is 1.13 bits per heavy atom. The molecule has 2 heterocycles. The van der Waals surface area contributed by atoms with Crippen LogP contribution in [0.25, 0.3) is 0 Å². The molecule has 2 aromatic carbocycles. The molecule has 30 heavy (non-hydrogen) atoms. The first-order valence-corrected chi connectivity index (χ1v) is 12.0. The predicted octanol–water partition coefficient (Wildman–Crippen LogP) is 4.15. The lowest BCUT2D eigenvalue weighted by Crippen LogP contribution is -2.35. The van der Waals surface area contributed by atoms with Crippen LogP contribution in [0.2, 0.25) is 0 Å². The van der Waals surface area contributed by atoms with Crippen molar-refractivity contribution in [2.24, 2.45) is 0 Å². The van der Waals surface area contributed by atoms with Gasteiger partial charge in [-0.1, -0.05) is 12.1 Å². The van der Waals surface area contributed by atoms with Crippen molar-refractivity contribution in [1.82, 2.24) is 4.31 Å². The molecule has 156 valence electrons. The number of hydrogen-bond acceptors (Lipinski definition) is 5. The van der Waals surface area contributed by atoms with Gasteiger partial charge in [-0.15, -0.1) is 11.3 Å². The van der Waals surface area contributed by atoms with Gasteiger partial charge in [0.1, 0.15) is 9.96 Å². The van der Waals surface area contributed by atoms with Crippen LogP contribution >= 0.6 is 11.3 Å². The number of thiophene rings is 1. The van der Waals surface area contributed by atoms with Crippen LogP contribution in [0, 0.1) is 0 Å². The van der Waals surface area contributed by atoms with E-state index in [1.54, 1.807) is 41.8 Å². The molecule has 0 atom stereocenters. The van der Waals surface area contributed by atoms with E-state index in [-0.39, 0.29) is 5.91 Å². The standard InChI is InChI=1S/C22H22N2O4S2/c1-2-28-20-9-6-17(7-10-20)22(25)23-19-8-5-16-11-12-24(15-18(16)14-19)30(26,27)21-4-3-13-29-21/h3-10,13-14H,2,11-12,15H2,1H3,(H,23,25). The fourth-order valence-corrected chi connectivity index (χ4v) is 5.99. The lowest BCUT2D eigenvalue weighted by atomic mass is 10.0. The molecule has 4 rings (SSSR count). The molecule has 0 radical (unpaired) electrons. The van der Waals surface area contributed by atoms with E-state index >= 15 is 0 Å². The van der Waals surface area contributed by atoms with E-state index in [0.717, 1.165) is 16.9 Å². The molecule has 0 saturated heterocycles. The van der Waals surface area contributed by atoms with Crippen LogP contribution in [-0.4, -0.2) is 31.8 Å². The Kier molecular flexibility index (Phi) is 5.90. The van der Waals surface area contributed by atoms with Gasteiger partial charge in [0, 0.05) is 24.3 Å². The first-order chi connectivity index (χ1) is 14.5. The van der Waals surface area contributed by atoms with Gasteiger partial charge in [0.05, 0.1) is 6.61 Å². The van der Waals surface area contributed by atoms with Crippen LogP contribution in [-0.2, 0) is 23.0 Å². The Bertz CT molecular complexity index is 1140. The Morgan fingerprint density at radius 3 is 2.63 bits per heavy atom. The number of anilines is 1. The zero-order valence-electron chi connectivity index (χ0n) is 16.5. The zero-order chi connectivity index (χ0) is 21.1. The zero-order valence-corrected chi connectivity index (χ0v) is 18.1. The Labute approximate surface area is 180 Å². The number of fused-ring (bicyclic) bond motifs is 1. The number of carbonyl (C=O) groups is 1. The molecule has 8 heteroatoms. The number of sulfonamides is 1. The van der Waals surface area contributed by atoms with Gasteiger partial charge < -0.3 is 10.1 Å². The highest BCUT2D eigenvalue weighted by molar-refractivity contribution is 7.91. The number of rotatable bonds is 6. The Morgan fingerprint density at radius 2 is 1.93 bits per heavy atom. The van der Waals surface area contributed by atoms with Gasteiger partial charge in [0.15, 0.2) is 0 Å². The van der Waals surface area contributed by atoms with Gasteiger partial charge in [-0.05, 0) is 72.3 Å². The Balaban J connectivity index is 1.49. The summed E-state index contributed by atoms with van der Waals surface area (Å²) in [5.74, 6) is 0.492. The summed E-state index contributed by atoms with van der Waals surface area (Å²) in [6, 6.07) is 16.0. The van der Waals surface area contributed by atoms with E-state index < -0.39 is 10.0 Å². The number of carbonyl (C=O) groups excluding carboxylic acids is 1. The summed E-state index contributed by atoms with van der Waals surface area (Å²) in [4.78, 5) is 12.6. The molecule has 0 aliphatic carbocycles. The van der Waals surface area contributed by atoms with E-state index in [9.17, 15) is 13.2 Å². The second kappa shape index (κ2) is 8.59. The smallest absolute Gasteiger partial charge is 0.255 e. The maximum Gasteiger partial charge on any atom is 0.255 e. The largest absolute Gasteiger partial charge is 0.494 e. The number of nitrogens with one attached hydrogen (secondary N) is 1. The van der Waals surface area contributed by atoms with Crippen molar-refractivity contribution in [1.29, 1.82) is 0 Å². The monoisotopic (exact) mass is 442 g/mol. The predicted molar refractivity (Wildman–Crippen MR) is 118 cm³/mol. The van der Waals surface area contributed by atoms with Crippen molar-refractivity contribution in [2.45, 2.75) is 24.1 Å². The van der Waals surface area contributed by atoms with Crippen LogP contribution in [0.5, 0.6) is 5.75 Å². The normalized spacial score (nSPS) is 14.2. The van der Waals surface area contributed by atoms with Gasteiger partial charge in [-0.2, -0.15) is 4.31 Å². The fraction of sp³-hybridized carbons (Fsp3) is 0.227. The van der Waals surface area contributed by atoms with Gasteiger partial charge in [0.2, 0.25) is 0 Å². The summed E-state index contributed by atoms with van der Waals surface area (Å²) in [5.41, 5.74) is 3.18. The van der Waals surface area contributed by atoms with E-state index in [4.69, 9.17) is 4.74 Å². The number of nitrogens with zero attached hydrogens (tertiary/aromatic N) is 1. The van der Waals surface area contributed by atoms with Gasteiger partial charge >= 0.3 is 0 Å². The molecule has 6 nitrogen and oxygen atoms in total. The first-order valence-electron chi connectivity index (χ1n) is 9.67. The quantitative estimate of drug-likeness (QED) is 0.622. The molecule has 0 saturated carbocycles. The highest BCUT2D eigenvalue weighted by Gasteiger charge is 2.29. The van der Waals surface area contributed by atoms with Crippen LogP contribution in [0.1, 0.15) is 28.4 Å². The summed E-state index contributed by atoms with van der Waals surface area (Å²) in [6.07, 6.45) is 0.646. The molecule has 0 fully saturated rings. The molecule has 0 spiro atoms. The van der Waals surface area contributed by atoms with Crippen molar-refractivity contribution in [2.75, 3.05) is 18.5 Å². The molecule has 1 N–H and O–H groups in total. The molecular weight excluding hydrogens is 420 g/mol. The second-order valence-corrected chi connectivity index (χ2v) is 10.0. The third-order valence-corrected chi connectivity index (χ3v) is 8.18. The average molecular weight is 443 g/mol. The van der Waals surface area contributed by atoms with Crippen molar-refractivity contribution >= 4 is 33.0 Å². The van der Waals surface area contributed by atoms with E-state index in [1.165, 1.54) is 15.6 Å². The highest BCUT2D eigenvalue weighted by atomic mass is 32.2. The maximum absolute atomic E-state index is 12.8. The highest BCUT2D eigenvalue weighted by Crippen LogP contribution is 2.29. The molecule has 1 aliphatic heterocycles. The number of amides is 1. The van der Waals surface area contributed by atoms with Crippen LogP contribution in [0.3, 0.4) is 0 Å². The van der Waals surface area contributed by atoms with E-state index in [2.05, 4.69) is 5.32 Å².